The summed E-state index contributed by atoms with van der Waals surface area (Å²) in [6, 6.07) is -11.3. The van der Waals surface area contributed by atoms with Crippen molar-refractivity contribution >= 4 is 83.0 Å². The summed E-state index contributed by atoms with van der Waals surface area (Å²) in [6.45, 7) is 16.4. The van der Waals surface area contributed by atoms with Gasteiger partial charge in [0.15, 0.2) is 24.2 Å². The molecule has 1 saturated carbocycles. The van der Waals surface area contributed by atoms with Crippen LogP contribution in [0.2, 0.25) is 0 Å². The van der Waals surface area contributed by atoms with Crippen LogP contribution in [0, 0.1) is 35.0 Å². The molecule has 0 radical (unpaired) electrons. The zero-order valence-corrected chi connectivity index (χ0v) is 59.3. The second-order valence-electron chi connectivity index (χ2n) is 27.5. The minimum absolute atomic E-state index is 0.00254. The molecule has 2 aliphatic rings. The molecule has 16 atom stereocenters. The summed E-state index contributed by atoms with van der Waals surface area (Å²) in [6.07, 6.45) is -4.75. The first-order chi connectivity index (χ1) is 46.8. The number of hydrogen-bond acceptors (Lipinski definition) is 20. The third-order valence-corrected chi connectivity index (χ3v) is 17.2. The van der Waals surface area contributed by atoms with E-state index in [0.29, 0.717) is 0 Å². The Hall–Kier alpha value is -8.76. The van der Waals surface area contributed by atoms with Crippen LogP contribution in [0.1, 0.15) is 165 Å². The summed E-state index contributed by atoms with van der Waals surface area (Å²) in [7, 11) is 0. The number of aliphatic hydroxyl groups is 4. The summed E-state index contributed by atoms with van der Waals surface area (Å²) < 4.78 is 11.5. The van der Waals surface area contributed by atoms with Gasteiger partial charge in [-0.15, -0.1) is 0 Å². The van der Waals surface area contributed by atoms with Crippen molar-refractivity contribution in [1.82, 2.24) is 63.8 Å². The Bertz CT molecular complexity index is 2960. The van der Waals surface area contributed by atoms with E-state index < -0.39 is 210 Å². The van der Waals surface area contributed by atoms with Gasteiger partial charge in [0, 0.05) is 6.54 Å². The van der Waals surface area contributed by atoms with Crippen LogP contribution in [0.15, 0.2) is 30.3 Å². The Morgan fingerprint density at radius 1 is 0.670 bits per heavy atom. The van der Waals surface area contributed by atoms with E-state index in [1.54, 1.807) is 62.3 Å². The van der Waals surface area contributed by atoms with Crippen LogP contribution in [0.4, 0.5) is 4.79 Å². The lowest BCUT2D eigenvalue weighted by molar-refractivity contribution is -0.159. The number of carbonyl (C=O) groups excluding carboxylic acids is 13. The number of amides is 12. The first-order valence-corrected chi connectivity index (χ1v) is 34.1. The van der Waals surface area contributed by atoms with Gasteiger partial charge in [-0.05, 0) is 88.5 Å². The number of carbonyl (C=O) groups is 13. The number of benzene rings is 1. The van der Waals surface area contributed by atoms with Gasteiger partial charge in [-0.1, -0.05) is 131 Å². The maximum atomic E-state index is 15.7. The lowest BCUT2D eigenvalue weighted by Crippen LogP contribution is -2.64. The van der Waals surface area contributed by atoms with E-state index in [4.69, 9.17) is 26.4 Å². The van der Waals surface area contributed by atoms with Crippen molar-refractivity contribution in [2.75, 3.05) is 19.7 Å². The molecule has 0 spiro atoms. The summed E-state index contributed by atoms with van der Waals surface area (Å²) >= 11 is 0. The minimum atomic E-state index is -2.60. The van der Waals surface area contributed by atoms with Crippen molar-refractivity contribution in [2.45, 2.75) is 244 Å². The quantitative estimate of drug-likeness (QED) is 0.0216. The Kier molecular flexibility index (Phi) is 35.1. The van der Waals surface area contributed by atoms with Gasteiger partial charge in [-0.3, -0.25) is 58.1 Å². The van der Waals surface area contributed by atoms with Gasteiger partial charge in [-0.2, -0.15) is 0 Å². The molecule has 100 heavy (non-hydrogen) atoms. The number of primary amides is 1. The molecule has 1 aliphatic carbocycles. The summed E-state index contributed by atoms with van der Waals surface area (Å²) in [5, 5.41) is 81.7. The molecule has 34 nitrogen and oxygen atoms in total. The smallest absolute Gasteiger partial charge is 0.408 e. The number of nitrogens with two attached hydrogens (primary N) is 2. The Labute approximate surface area is 583 Å². The van der Waals surface area contributed by atoms with Gasteiger partial charge in [0.25, 0.3) is 0 Å². The van der Waals surface area contributed by atoms with Crippen molar-refractivity contribution in [1.29, 1.82) is 5.41 Å². The van der Waals surface area contributed by atoms with E-state index in [2.05, 4.69) is 53.2 Å². The molecule has 21 N–H and O–H groups in total. The van der Waals surface area contributed by atoms with Crippen LogP contribution in [0.25, 0.3) is 0 Å². The molecule has 1 aromatic carbocycles. The number of nitrogens with one attached hydrogen (secondary N) is 13. The van der Waals surface area contributed by atoms with E-state index in [1.165, 1.54) is 44.2 Å². The molecule has 1 aliphatic heterocycles. The molecule has 1 aromatic rings. The molecular formula is C66H109N15O19. The molecule has 562 valence electrons. The number of cyclic esters (lactones) is 1. The highest BCUT2D eigenvalue weighted by Gasteiger charge is 2.45. The standard InChI is InChI=1S/C66H109N15O19/c1-13-34(7)44-58(92)79-46(36(9)83)57(91)71-30-43(84)76-48(51(86)53(67)87)61(95)74-42(31-82)63(97)99-52(38-24-19-16-20-25-38)49(81-59(93)45(35(8)14-2)78-56(90)41(29-37-22-17-15-18-23-37)75-65(98)100-66(10,11)12)62(96)80-47(50(85)33(5)6)60(94)73-40(28-32(3)4)55(89)72-39(54(88)77-44)26-21-27-70-64(68)69/h16,19-20,24-25,32-37,39-42,44-52,82-83,85-86H,13-15,17-18,21-23,26-31H2,1-12H3,(H2,67,87)(H,71,91)(H,72,89)(H,73,94)(H,74,95)(H,75,98)(H,76,84)(H,77,88)(H,78,90)(H,79,92)(H,80,96)(H,81,93)(H4,68,69,70)/t34-,35-,36-,39+,40-,41-,42-,44-,45?,46-,47-,48?,49-,50+,51-,52+/m0/s1. The predicted octanol–water partition coefficient (Wildman–Crippen LogP) is -2.73. The maximum absolute atomic E-state index is 15.7. The first kappa shape index (κ1) is 85.5. The molecule has 1 heterocycles. The number of aliphatic hydroxyl groups excluding tert-OH is 4. The number of hydrogen-bond donors (Lipinski definition) is 19. The van der Waals surface area contributed by atoms with Crippen LogP contribution >= 0.6 is 0 Å². The average Bonchev–Trinajstić information content (AvgIpc) is 0.810. The zero-order valence-electron chi connectivity index (χ0n) is 59.3. The average molecular weight is 1420 g/mol. The molecule has 12 amide bonds. The monoisotopic (exact) mass is 1420 g/mol. The molecule has 1 saturated heterocycles. The second kappa shape index (κ2) is 41.1. The highest BCUT2D eigenvalue weighted by molar-refractivity contribution is 6.00. The van der Waals surface area contributed by atoms with E-state index in [-0.39, 0.29) is 56.6 Å². The van der Waals surface area contributed by atoms with Crippen LogP contribution in [-0.4, -0.2) is 207 Å². The normalized spacial score (nSPS) is 24.8. The first-order valence-electron chi connectivity index (χ1n) is 34.1. The molecule has 34 heteroatoms. The number of alkyl carbamates (subject to hydrolysis) is 1. The van der Waals surface area contributed by atoms with E-state index in [1.807, 2.05) is 10.6 Å². The fraction of sp³-hybridized carbons (Fsp3) is 0.697. The van der Waals surface area contributed by atoms with E-state index >= 15 is 14.4 Å². The largest absolute Gasteiger partial charge is 0.453 e. The summed E-state index contributed by atoms with van der Waals surface area (Å²) in [5.41, 5.74) is 9.82. The molecule has 2 unspecified atom stereocenters. The van der Waals surface area contributed by atoms with Crippen LogP contribution in [0.3, 0.4) is 0 Å². The van der Waals surface area contributed by atoms with Gasteiger partial charge in [-0.25, -0.2) is 9.59 Å². The second-order valence-corrected chi connectivity index (χ2v) is 27.5. The van der Waals surface area contributed by atoms with Gasteiger partial charge in [0.2, 0.25) is 65.0 Å². The van der Waals surface area contributed by atoms with E-state index in [0.717, 1.165) is 39.0 Å². The fourth-order valence-corrected chi connectivity index (χ4v) is 11.1. The molecule has 3 rings (SSSR count). The minimum Gasteiger partial charge on any atom is -0.453 e. The molecular weight excluding hydrogens is 1310 g/mol. The topological polar surface area (TPSA) is 542 Å². The number of ether oxygens (including phenoxy) is 2. The maximum Gasteiger partial charge on any atom is 0.408 e. The fourth-order valence-electron chi connectivity index (χ4n) is 11.1. The Balaban J connectivity index is 2.44. The highest BCUT2D eigenvalue weighted by Crippen LogP contribution is 2.29. The number of guanidine groups is 1. The molecule has 2 fully saturated rings. The van der Waals surface area contributed by atoms with E-state index in [9.17, 15) is 68.4 Å². The van der Waals surface area contributed by atoms with Crippen molar-refractivity contribution in [2.24, 2.45) is 41.1 Å². The van der Waals surface area contributed by atoms with Crippen LogP contribution in [0.5, 0.6) is 0 Å². The van der Waals surface area contributed by atoms with Crippen LogP contribution < -0.4 is 75.3 Å². The number of esters is 1. The summed E-state index contributed by atoms with van der Waals surface area (Å²) in [5.74, 6) is -18.1. The predicted molar refractivity (Wildman–Crippen MR) is 362 cm³/mol. The SMILES string of the molecule is CC[C@H](C)C(NC(=O)[C@H](CC1CCCCC1)NC(=O)OC(C)(C)C)C(=O)N[C@@H]1C(=O)N[C@@H]([C@H](O)C(C)C)C(=O)N[C@@H](CC(C)C)C(=O)N[C@H](CCCNC(=N)N)C(=O)N[C@@H]([C@@H](C)CC)C(=O)N[C@@H]([C@H](C)O)C(=O)NCC(=O)NC([C@H](O)C(N)=O)C(=O)N[C@@H](CO)C(=O)O[C@@H]1c1ccccc1. The van der Waals surface area contributed by atoms with Crippen molar-refractivity contribution in [3.05, 3.63) is 35.9 Å². The zero-order chi connectivity index (χ0) is 75.5. The Morgan fingerprint density at radius 3 is 1.79 bits per heavy atom. The van der Waals surface area contributed by atoms with Crippen molar-refractivity contribution in [3.8, 4) is 0 Å². The van der Waals surface area contributed by atoms with Gasteiger partial charge in [0.05, 0.1) is 25.4 Å². The molecule has 0 aromatic heterocycles. The lowest BCUT2D eigenvalue weighted by atomic mass is 9.84. The highest BCUT2D eigenvalue weighted by atomic mass is 16.6. The van der Waals surface area contributed by atoms with Crippen LogP contribution in [-0.2, 0) is 67.0 Å². The third kappa shape index (κ3) is 27.7. The summed E-state index contributed by atoms with van der Waals surface area (Å²) in [4.78, 5) is 186. The van der Waals surface area contributed by atoms with Crippen molar-refractivity contribution < 1.29 is 92.2 Å². The van der Waals surface area contributed by atoms with Gasteiger partial charge >= 0.3 is 12.1 Å². The van der Waals surface area contributed by atoms with Gasteiger partial charge < -0.3 is 105 Å². The molecule has 0 bridgehead atoms. The number of rotatable bonds is 24. The third-order valence-electron chi connectivity index (χ3n) is 17.2. The lowest BCUT2D eigenvalue weighted by Gasteiger charge is -2.34. The Morgan fingerprint density at radius 2 is 1.24 bits per heavy atom. The van der Waals surface area contributed by atoms with Gasteiger partial charge in [0.1, 0.15) is 60.0 Å². The van der Waals surface area contributed by atoms with Crippen molar-refractivity contribution in [3.63, 3.8) is 0 Å².